The van der Waals surface area contributed by atoms with Gasteiger partial charge in [0.15, 0.2) is 0 Å². The van der Waals surface area contributed by atoms with E-state index in [-0.39, 0.29) is 0 Å². The molecule has 3 N–H and O–H groups in total. The first-order valence-electron chi connectivity index (χ1n) is 7.20. The van der Waals surface area contributed by atoms with Gasteiger partial charge in [0.25, 0.3) is 0 Å². The average Bonchev–Trinajstić information content (AvgIpc) is 2.54. The molecule has 1 aromatic heterocycles. The molecule has 118 valence electrons. The van der Waals surface area contributed by atoms with Crippen LogP contribution in [-0.2, 0) is 0 Å². The fourth-order valence-corrected chi connectivity index (χ4v) is 2.10. The van der Waals surface area contributed by atoms with E-state index in [9.17, 15) is 0 Å². The highest BCUT2D eigenvalue weighted by Gasteiger charge is 2.11. The van der Waals surface area contributed by atoms with Crippen molar-refractivity contribution in [3.63, 3.8) is 0 Å². The Morgan fingerprint density at radius 3 is 2.64 bits per heavy atom. The van der Waals surface area contributed by atoms with Gasteiger partial charge in [0.1, 0.15) is 11.5 Å². The van der Waals surface area contributed by atoms with E-state index in [0.29, 0.717) is 18.2 Å². The Kier molecular flexibility index (Phi) is 5.55. The second kappa shape index (κ2) is 7.61. The molecular formula is C16H22N4O2. The van der Waals surface area contributed by atoms with Gasteiger partial charge >= 0.3 is 0 Å². The molecule has 0 saturated carbocycles. The Bertz CT molecular complexity index is 632. The van der Waals surface area contributed by atoms with E-state index in [2.05, 4.69) is 15.3 Å². The summed E-state index contributed by atoms with van der Waals surface area (Å²) in [6, 6.07) is 7.59. The number of aryl methyl sites for hydroxylation is 1. The summed E-state index contributed by atoms with van der Waals surface area (Å²) in [4.78, 5) is 8.95. The van der Waals surface area contributed by atoms with Crippen LogP contribution in [0, 0.1) is 6.92 Å². The van der Waals surface area contributed by atoms with Crippen molar-refractivity contribution in [1.29, 1.82) is 0 Å². The lowest BCUT2D eigenvalue weighted by atomic mass is 10.1. The number of nitrogens with zero attached hydrogens (tertiary/aromatic N) is 2. The van der Waals surface area contributed by atoms with E-state index < -0.39 is 0 Å². The van der Waals surface area contributed by atoms with E-state index in [1.165, 1.54) is 0 Å². The predicted octanol–water partition coefficient (Wildman–Crippen LogP) is 2.23. The fraction of sp³-hybridized carbons (Fsp3) is 0.375. The Morgan fingerprint density at radius 2 is 1.95 bits per heavy atom. The van der Waals surface area contributed by atoms with Crippen molar-refractivity contribution in [2.75, 3.05) is 32.6 Å². The largest absolute Gasteiger partial charge is 0.497 e. The molecule has 1 aromatic carbocycles. The molecular weight excluding hydrogens is 280 g/mol. The van der Waals surface area contributed by atoms with Crippen LogP contribution >= 0.6 is 0 Å². The molecule has 0 aliphatic carbocycles. The number of benzene rings is 1. The molecule has 1 heterocycles. The van der Waals surface area contributed by atoms with Crippen LogP contribution in [-0.4, -0.2) is 37.3 Å². The zero-order chi connectivity index (χ0) is 15.9. The van der Waals surface area contributed by atoms with E-state index in [1.807, 2.05) is 31.2 Å². The molecule has 6 nitrogen and oxygen atoms in total. The van der Waals surface area contributed by atoms with Gasteiger partial charge in [-0.3, -0.25) is 0 Å². The van der Waals surface area contributed by atoms with E-state index in [0.717, 1.165) is 35.7 Å². The number of aromatic nitrogens is 2. The highest BCUT2D eigenvalue weighted by atomic mass is 16.5. The summed E-state index contributed by atoms with van der Waals surface area (Å²) in [7, 11) is 3.26. The topological polar surface area (TPSA) is 82.3 Å². The Balaban J connectivity index is 2.35. The number of hydrogen-bond donors (Lipinski definition) is 2. The summed E-state index contributed by atoms with van der Waals surface area (Å²) in [5.41, 5.74) is 8.09. The molecule has 0 fully saturated rings. The van der Waals surface area contributed by atoms with Crippen molar-refractivity contribution in [1.82, 2.24) is 9.97 Å². The molecule has 0 bridgehead atoms. The number of nitrogens with two attached hydrogens (primary N) is 1. The van der Waals surface area contributed by atoms with Crippen LogP contribution in [0.15, 0.2) is 24.3 Å². The first-order chi connectivity index (χ1) is 10.7. The number of hydrogen-bond acceptors (Lipinski definition) is 6. The van der Waals surface area contributed by atoms with Gasteiger partial charge < -0.3 is 20.5 Å². The van der Waals surface area contributed by atoms with Crippen LogP contribution in [0.2, 0.25) is 0 Å². The predicted molar refractivity (Wildman–Crippen MR) is 87.5 cm³/mol. The van der Waals surface area contributed by atoms with Crippen molar-refractivity contribution in [2.45, 2.75) is 13.3 Å². The summed E-state index contributed by atoms with van der Waals surface area (Å²) in [5.74, 6) is 2.05. The lowest BCUT2D eigenvalue weighted by Gasteiger charge is -2.12. The van der Waals surface area contributed by atoms with Gasteiger partial charge in [-0.05, 0) is 38.1 Å². The van der Waals surface area contributed by atoms with Crippen molar-refractivity contribution in [3.05, 3.63) is 30.0 Å². The maximum Gasteiger partial charge on any atom is 0.223 e. The van der Waals surface area contributed by atoms with Crippen molar-refractivity contribution >= 4 is 5.95 Å². The smallest absolute Gasteiger partial charge is 0.223 e. The summed E-state index contributed by atoms with van der Waals surface area (Å²) < 4.78 is 10.7. The minimum atomic E-state index is 0.598. The molecule has 0 unspecified atom stereocenters. The Labute approximate surface area is 130 Å². The number of ether oxygens (including phenoxy) is 2. The minimum absolute atomic E-state index is 0.598. The molecule has 0 amide bonds. The van der Waals surface area contributed by atoms with Crippen LogP contribution in [0.25, 0.3) is 11.3 Å². The maximum absolute atomic E-state index is 5.50. The standard InChI is InChI=1S/C16H22N4O2/c1-11-9-14(20-16(19-11)18-8-4-7-17)13-6-5-12(21-2)10-15(13)22-3/h5-6,9-10H,4,7-8,17H2,1-3H3,(H,18,19,20). The van der Waals surface area contributed by atoms with Crippen LogP contribution in [0.4, 0.5) is 5.95 Å². The van der Waals surface area contributed by atoms with Gasteiger partial charge in [0.05, 0.1) is 19.9 Å². The lowest BCUT2D eigenvalue weighted by molar-refractivity contribution is 0.395. The molecule has 22 heavy (non-hydrogen) atoms. The van der Waals surface area contributed by atoms with Crippen molar-refractivity contribution in [3.8, 4) is 22.8 Å². The van der Waals surface area contributed by atoms with Crippen LogP contribution in [0.5, 0.6) is 11.5 Å². The molecule has 0 aliphatic heterocycles. The second-order valence-electron chi connectivity index (χ2n) is 4.85. The van der Waals surface area contributed by atoms with Crippen molar-refractivity contribution < 1.29 is 9.47 Å². The lowest BCUT2D eigenvalue weighted by Crippen LogP contribution is -2.11. The molecule has 0 radical (unpaired) electrons. The van der Waals surface area contributed by atoms with Gasteiger partial charge in [0.2, 0.25) is 5.95 Å². The molecule has 0 saturated heterocycles. The van der Waals surface area contributed by atoms with Gasteiger partial charge in [0, 0.05) is 23.9 Å². The highest BCUT2D eigenvalue weighted by molar-refractivity contribution is 5.69. The SMILES string of the molecule is COc1ccc(-c2cc(C)nc(NCCCN)n2)c(OC)c1. The normalized spacial score (nSPS) is 10.4. The number of nitrogens with one attached hydrogen (secondary N) is 1. The van der Waals surface area contributed by atoms with Gasteiger partial charge in [-0.2, -0.15) is 0 Å². The number of anilines is 1. The summed E-state index contributed by atoms with van der Waals surface area (Å²) in [5, 5.41) is 3.19. The zero-order valence-corrected chi connectivity index (χ0v) is 13.2. The van der Waals surface area contributed by atoms with Crippen LogP contribution in [0.1, 0.15) is 12.1 Å². The highest BCUT2D eigenvalue weighted by Crippen LogP contribution is 2.32. The molecule has 0 atom stereocenters. The second-order valence-corrected chi connectivity index (χ2v) is 4.85. The Hall–Kier alpha value is -2.34. The van der Waals surface area contributed by atoms with E-state index in [1.54, 1.807) is 14.2 Å². The first-order valence-corrected chi connectivity index (χ1v) is 7.20. The third-order valence-electron chi connectivity index (χ3n) is 3.20. The minimum Gasteiger partial charge on any atom is -0.497 e. The number of rotatable bonds is 7. The number of methoxy groups -OCH3 is 2. The summed E-state index contributed by atoms with van der Waals surface area (Å²) in [6.07, 6.45) is 0.874. The molecule has 0 spiro atoms. The maximum atomic E-state index is 5.50. The summed E-state index contributed by atoms with van der Waals surface area (Å²) >= 11 is 0. The van der Waals surface area contributed by atoms with Crippen molar-refractivity contribution in [2.24, 2.45) is 5.73 Å². The molecule has 0 aliphatic rings. The van der Waals surface area contributed by atoms with E-state index >= 15 is 0 Å². The molecule has 2 rings (SSSR count). The van der Waals surface area contributed by atoms with E-state index in [4.69, 9.17) is 15.2 Å². The van der Waals surface area contributed by atoms with Crippen LogP contribution < -0.4 is 20.5 Å². The Morgan fingerprint density at radius 1 is 1.14 bits per heavy atom. The van der Waals surface area contributed by atoms with Crippen LogP contribution in [0.3, 0.4) is 0 Å². The molecule has 2 aromatic rings. The van der Waals surface area contributed by atoms with Gasteiger partial charge in [-0.25, -0.2) is 9.97 Å². The first kappa shape index (κ1) is 16.0. The molecule has 6 heteroatoms. The van der Waals surface area contributed by atoms with Gasteiger partial charge in [-0.15, -0.1) is 0 Å². The fourth-order valence-electron chi connectivity index (χ4n) is 2.10. The quantitative estimate of drug-likeness (QED) is 0.763. The average molecular weight is 302 g/mol. The zero-order valence-electron chi connectivity index (χ0n) is 13.2. The summed E-state index contributed by atoms with van der Waals surface area (Å²) in [6.45, 7) is 3.33. The third-order valence-corrected chi connectivity index (χ3v) is 3.20. The monoisotopic (exact) mass is 302 g/mol. The van der Waals surface area contributed by atoms with Gasteiger partial charge in [-0.1, -0.05) is 0 Å². The third kappa shape index (κ3) is 3.85.